The van der Waals surface area contributed by atoms with Crippen LogP contribution in [0.2, 0.25) is 0 Å². The molecule has 2 aliphatic heterocycles. The van der Waals surface area contributed by atoms with E-state index in [0.29, 0.717) is 35.5 Å². The average molecular weight is 1100 g/mol. The van der Waals surface area contributed by atoms with Crippen LogP contribution < -0.4 is 26.2 Å². The summed E-state index contributed by atoms with van der Waals surface area (Å²) in [5.74, 6) is 9.27. The first-order chi connectivity index (χ1) is 41.7. The average Bonchev–Trinajstić information content (AvgIpc) is 1.60. The number of nitrogens with zero attached hydrogens (tertiary/aromatic N) is 2. The molecule has 15 aliphatic carbocycles. The Kier molecular flexibility index (Phi) is 8.81. The lowest BCUT2D eigenvalue weighted by Crippen LogP contribution is -2.62. The molecule has 3 spiro atoms. The molecule has 3 heteroatoms. The van der Waals surface area contributed by atoms with Gasteiger partial charge in [-0.3, -0.25) is 0 Å². The normalized spacial score (nSPS) is 35.1. The van der Waals surface area contributed by atoms with E-state index in [9.17, 15) is 0 Å². The molecule has 0 unspecified atom stereocenters. The van der Waals surface area contributed by atoms with Crippen molar-refractivity contribution in [1.29, 1.82) is 0 Å². The Hall–Kier alpha value is -6.58. The van der Waals surface area contributed by atoms with Gasteiger partial charge < -0.3 is 9.80 Å². The molecule has 2 nitrogen and oxygen atoms in total. The highest BCUT2D eigenvalue weighted by molar-refractivity contribution is 7.00. The van der Waals surface area contributed by atoms with Crippen molar-refractivity contribution in [2.45, 2.75) is 140 Å². The monoisotopic (exact) mass is 1100 g/mol. The van der Waals surface area contributed by atoms with E-state index in [-0.39, 0.29) is 23.0 Å². The van der Waals surface area contributed by atoms with Gasteiger partial charge in [0.05, 0.1) is 11.4 Å². The molecule has 25 rings (SSSR count). The molecule has 0 radical (unpaired) electrons. The van der Waals surface area contributed by atoms with Gasteiger partial charge in [-0.15, -0.1) is 0 Å². The lowest BCUT2D eigenvalue weighted by molar-refractivity contribution is -0.0401. The van der Waals surface area contributed by atoms with Crippen LogP contribution in [-0.2, 0) is 16.2 Å². The Morgan fingerprint density at radius 3 is 1.38 bits per heavy atom. The number of aryl methyl sites for hydroxylation is 4. The maximum atomic E-state index is 3.03. The molecule has 85 heavy (non-hydrogen) atoms. The first-order valence-electron chi connectivity index (χ1n) is 34.3. The van der Waals surface area contributed by atoms with Crippen LogP contribution in [-0.4, -0.2) is 6.71 Å². The molecule has 12 fully saturated rings. The minimum Gasteiger partial charge on any atom is -0.311 e. The van der Waals surface area contributed by atoms with Crippen molar-refractivity contribution >= 4 is 57.2 Å². The third-order valence-corrected chi connectivity index (χ3v) is 28.3. The van der Waals surface area contributed by atoms with Crippen molar-refractivity contribution in [3.8, 4) is 33.4 Å². The second-order valence-corrected chi connectivity index (χ2v) is 31.8. The number of fused-ring (bicyclic) bond motifs is 15. The van der Waals surface area contributed by atoms with Gasteiger partial charge in [0.2, 0.25) is 0 Å². The van der Waals surface area contributed by atoms with E-state index in [1.165, 1.54) is 175 Å². The van der Waals surface area contributed by atoms with Gasteiger partial charge in [-0.1, -0.05) is 120 Å². The van der Waals surface area contributed by atoms with Crippen molar-refractivity contribution in [3.05, 3.63) is 195 Å². The zero-order chi connectivity index (χ0) is 55.5. The number of anilines is 6. The smallest absolute Gasteiger partial charge is 0.252 e. The summed E-state index contributed by atoms with van der Waals surface area (Å²) < 4.78 is 0. The van der Waals surface area contributed by atoms with Gasteiger partial charge in [-0.25, -0.2) is 0 Å². The van der Waals surface area contributed by atoms with Crippen LogP contribution in [0.1, 0.15) is 152 Å². The van der Waals surface area contributed by atoms with Crippen molar-refractivity contribution in [1.82, 2.24) is 0 Å². The Labute approximate surface area is 503 Å². The molecular formula is C82H77BN2. The summed E-state index contributed by atoms with van der Waals surface area (Å²) >= 11 is 0. The standard InChI is InChI=1S/C82H77BN2/c1-43-17-21-59(22-18-43)84-71-42-66-73(61-12-6-8-14-63(61)80(66)53-30-47-27-48(32-53)33-54(80)31-47)79-77(71)83(68-26-46(4)75-74(78(68)84)62-13-7-10-16-65(62)81(75)55-34-49-28-50(36-55)37-56(81)35-49)67-25-44(2)19-23-69(67)85(79)70-24-20-45(3)72-60-11-5-9-15-64(60)82(76(70)72)57-38-51-29-52(40-57)41-58(82)39-51/h5-26,42,47-58H,27-41H2,1-4H3. The summed E-state index contributed by atoms with van der Waals surface area (Å²) in [5.41, 5.74) is 38.3. The summed E-state index contributed by atoms with van der Waals surface area (Å²) in [6.45, 7) is 9.78. The van der Waals surface area contributed by atoms with Gasteiger partial charge >= 0.3 is 0 Å². The summed E-state index contributed by atoms with van der Waals surface area (Å²) in [4.78, 5) is 5.98. The molecule has 0 saturated heterocycles. The van der Waals surface area contributed by atoms with E-state index >= 15 is 0 Å². The topological polar surface area (TPSA) is 6.48 Å². The fraction of sp³-hybridized carbons (Fsp3) is 0.415. The van der Waals surface area contributed by atoms with E-state index in [4.69, 9.17) is 0 Å². The SMILES string of the molecule is Cc1ccc(N2c3cc4c(c5c3B(c3cc(C)ccc3N5c3ccc(C)c5c3C3(c6ccccc6-5)C5CC6CC(C5)CC3C6)c3cc(C)c5c(c32)-c2ccccc2C52C3CC5CC(C3)CC2C5)-c2ccccc2C42C3CC4CC(C3)CC2C4)cc1. The van der Waals surface area contributed by atoms with Crippen LogP contribution in [0, 0.1) is 98.7 Å². The number of hydrogen-bond donors (Lipinski definition) is 0. The first-order valence-corrected chi connectivity index (χ1v) is 34.3. The highest BCUT2D eigenvalue weighted by Crippen LogP contribution is 2.76. The van der Waals surface area contributed by atoms with Gasteiger partial charge in [0.1, 0.15) is 0 Å². The second-order valence-electron chi connectivity index (χ2n) is 31.8. The van der Waals surface area contributed by atoms with Gasteiger partial charge in [-0.2, -0.15) is 0 Å². The first kappa shape index (κ1) is 47.6. The van der Waals surface area contributed by atoms with Crippen LogP contribution in [0.15, 0.2) is 140 Å². The number of rotatable bonds is 2. The maximum Gasteiger partial charge on any atom is 0.252 e. The minimum atomic E-state index is -0.0286. The van der Waals surface area contributed by atoms with E-state index < -0.39 is 0 Å². The fourth-order valence-electron chi connectivity index (χ4n) is 26.7. The van der Waals surface area contributed by atoms with E-state index in [1.807, 2.05) is 0 Å². The van der Waals surface area contributed by atoms with Gasteiger partial charge in [0, 0.05) is 50.1 Å². The van der Waals surface area contributed by atoms with Crippen molar-refractivity contribution < 1.29 is 0 Å². The largest absolute Gasteiger partial charge is 0.311 e. The third kappa shape index (κ3) is 5.37. The summed E-state index contributed by atoms with van der Waals surface area (Å²) in [5, 5.41) is 0. The molecule has 418 valence electrons. The highest BCUT2D eigenvalue weighted by atomic mass is 15.2. The molecule has 17 aliphatic rings. The number of hydrogen-bond acceptors (Lipinski definition) is 2. The lowest BCUT2D eigenvalue weighted by Gasteiger charge is -2.61. The van der Waals surface area contributed by atoms with E-state index in [0.717, 1.165) is 35.5 Å². The van der Waals surface area contributed by atoms with Crippen LogP contribution in [0.3, 0.4) is 0 Å². The van der Waals surface area contributed by atoms with E-state index in [2.05, 4.69) is 177 Å². The summed E-state index contributed by atoms with van der Waals surface area (Å²) in [6.07, 6.45) is 21.0. The van der Waals surface area contributed by atoms with E-state index in [1.54, 1.807) is 61.1 Å². The van der Waals surface area contributed by atoms with Crippen molar-refractivity contribution in [2.75, 3.05) is 9.80 Å². The number of benzene rings is 8. The van der Waals surface area contributed by atoms with Crippen LogP contribution in [0.5, 0.6) is 0 Å². The summed E-state index contributed by atoms with van der Waals surface area (Å²) in [7, 11) is 0. The lowest BCUT2D eigenvalue weighted by atomic mass is 9.32. The van der Waals surface area contributed by atoms with Gasteiger partial charge in [0.15, 0.2) is 0 Å². The Morgan fingerprint density at radius 2 is 0.812 bits per heavy atom. The molecule has 8 aromatic carbocycles. The maximum absolute atomic E-state index is 3.03. The third-order valence-electron chi connectivity index (χ3n) is 28.3. The predicted octanol–water partition coefficient (Wildman–Crippen LogP) is 18.2. The molecule has 0 amide bonds. The molecule has 12 saturated carbocycles. The van der Waals surface area contributed by atoms with Gasteiger partial charge in [-0.05, 0) is 309 Å². The van der Waals surface area contributed by atoms with Crippen molar-refractivity contribution in [3.63, 3.8) is 0 Å². The molecule has 0 atom stereocenters. The molecule has 2 heterocycles. The quantitative estimate of drug-likeness (QED) is 0.159. The molecule has 12 bridgehead atoms. The Balaban J connectivity index is 0.907. The Bertz CT molecular complexity index is 4300. The zero-order valence-electron chi connectivity index (χ0n) is 50.3. The van der Waals surface area contributed by atoms with Gasteiger partial charge in [0.25, 0.3) is 6.71 Å². The molecule has 0 N–H and O–H groups in total. The molecular weight excluding hydrogens is 1020 g/mol. The molecule has 0 aromatic heterocycles. The van der Waals surface area contributed by atoms with Crippen LogP contribution in [0.4, 0.5) is 34.1 Å². The predicted molar refractivity (Wildman–Crippen MR) is 349 cm³/mol. The summed E-state index contributed by atoms with van der Waals surface area (Å²) in [6, 6.07) is 58.9. The minimum absolute atomic E-state index is 0.0134. The molecule has 8 aromatic rings. The highest BCUT2D eigenvalue weighted by Gasteiger charge is 2.67. The van der Waals surface area contributed by atoms with Crippen molar-refractivity contribution in [2.24, 2.45) is 71.0 Å². The second kappa shape index (κ2) is 15.8. The fourth-order valence-corrected chi connectivity index (χ4v) is 26.7. The Morgan fingerprint density at radius 1 is 0.341 bits per heavy atom. The van der Waals surface area contributed by atoms with Crippen LogP contribution >= 0.6 is 0 Å². The zero-order valence-corrected chi connectivity index (χ0v) is 50.3. The van der Waals surface area contributed by atoms with Crippen LogP contribution in [0.25, 0.3) is 33.4 Å².